The van der Waals surface area contributed by atoms with Crippen molar-refractivity contribution >= 4 is 11.3 Å². The van der Waals surface area contributed by atoms with Crippen molar-refractivity contribution in [3.8, 4) is 11.4 Å². The van der Waals surface area contributed by atoms with Gasteiger partial charge in [0.15, 0.2) is 0 Å². The number of aromatic nitrogens is 3. The van der Waals surface area contributed by atoms with Crippen LogP contribution in [0.5, 0.6) is 0 Å². The molecule has 0 spiro atoms. The van der Waals surface area contributed by atoms with Crippen molar-refractivity contribution in [1.82, 2.24) is 15.0 Å². The molecule has 0 radical (unpaired) electrons. The molecule has 2 aromatic heterocycles. The summed E-state index contributed by atoms with van der Waals surface area (Å²) in [4.78, 5) is 12.6. The zero-order chi connectivity index (χ0) is 9.10. The molecule has 66 valence electrons. The van der Waals surface area contributed by atoms with E-state index in [2.05, 4.69) is 21.9 Å². The van der Waals surface area contributed by atoms with Gasteiger partial charge in [-0.25, -0.2) is 4.98 Å². The summed E-state index contributed by atoms with van der Waals surface area (Å²) in [6, 6.07) is 0. The van der Waals surface area contributed by atoms with Crippen LogP contribution >= 0.6 is 11.3 Å². The van der Waals surface area contributed by atoms with E-state index in [0.29, 0.717) is 0 Å². The van der Waals surface area contributed by atoms with Crippen LogP contribution in [0.2, 0.25) is 0 Å². The third kappa shape index (κ3) is 1.72. The summed E-state index contributed by atoms with van der Waals surface area (Å²) < 4.78 is 0. The van der Waals surface area contributed by atoms with E-state index < -0.39 is 0 Å². The van der Waals surface area contributed by atoms with Crippen LogP contribution < -0.4 is 0 Å². The third-order valence-electron chi connectivity index (χ3n) is 1.68. The standard InChI is InChI=1S/C9H9N3S/c1-2-9-12-8(6-13-9)7-5-10-3-4-11-7/h3-6H,2H2,1H3. The van der Waals surface area contributed by atoms with Crippen LogP contribution in [-0.2, 0) is 6.42 Å². The first-order valence-electron chi connectivity index (χ1n) is 4.11. The third-order valence-corrected chi connectivity index (χ3v) is 2.67. The second kappa shape index (κ2) is 3.62. The van der Waals surface area contributed by atoms with Crippen LogP contribution in [0.25, 0.3) is 11.4 Å². The summed E-state index contributed by atoms with van der Waals surface area (Å²) in [5, 5.41) is 3.16. The van der Waals surface area contributed by atoms with Crippen molar-refractivity contribution < 1.29 is 0 Å². The van der Waals surface area contributed by atoms with Crippen LogP contribution in [-0.4, -0.2) is 15.0 Å². The average molecular weight is 191 g/mol. The molecule has 0 atom stereocenters. The first kappa shape index (κ1) is 8.31. The molecule has 13 heavy (non-hydrogen) atoms. The smallest absolute Gasteiger partial charge is 0.108 e. The molecule has 0 amide bonds. The summed E-state index contributed by atoms with van der Waals surface area (Å²) in [5.74, 6) is 0. The van der Waals surface area contributed by atoms with Gasteiger partial charge < -0.3 is 0 Å². The number of thiazole rings is 1. The molecule has 0 saturated heterocycles. The van der Waals surface area contributed by atoms with Gasteiger partial charge in [-0.1, -0.05) is 6.92 Å². The first-order valence-corrected chi connectivity index (χ1v) is 4.99. The molecule has 0 aliphatic rings. The Labute approximate surface area is 80.5 Å². The minimum absolute atomic E-state index is 0.846. The van der Waals surface area contributed by atoms with Gasteiger partial charge in [0.05, 0.1) is 11.2 Å². The Morgan fingerprint density at radius 2 is 2.23 bits per heavy atom. The molecular weight excluding hydrogens is 182 g/mol. The highest BCUT2D eigenvalue weighted by Gasteiger charge is 2.03. The zero-order valence-electron chi connectivity index (χ0n) is 7.27. The van der Waals surface area contributed by atoms with E-state index in [4.69, 9.17) is 0 Å². The van der Waals surface area contributed by atoms with Crippen molar-refractivity contribution in [2.24, 2.45) is 0 Å². The SMILES string of the molecule is CCc1nc(-c2cnccn2)cs1. The lowest BCUT2D eigenvalue weighted by Gasteiger charge is -1.91. The largest absolute Gasteiger partial charge is 0.261 e. The lowest BCUT2D eigenvalue weighted by molar-refractivity contribution is 1.09. The Balaban J connectivity index is 2.36. The Morgan fingerprint density at radius 3 is 2.85 bits per heavy atom. The molecule has 0 aromatic carbocycles. The van der Waals surface area contributed by atoms with E-state index in [0.717, 1.165) is 22.8 Å². The van der Waals surface area contributed by atoms with Gasteiger partial charge in [0.2, 0.25) is 0 Å². The zero-order valence-corrected chi connectivity index (χ0v) is 8.08. The Hall–Kier alpha value is -1.29. The van der Waals surface area contributed by atoms with Crippen molar-refractivity contribution in [2.75, 3.05) is 0 Å². The molecule has 0 saturated carbocycles. The molecule has 0 aliphatic heterocycles. The monoisotopic (exact) mass is 191 g/mol. The summed E-state index contributed by atoms with van der Waals surface area (Å²) in [5.41, 5.74) is 1.77. The van der Waals surface area contributed by atoms with Crippen molar-refractivity contribution in [3.05, 3.63) is 29.0 Å². The molecule has 2 aromatic rings. The maximum absolute atomic E-state index is 4.42. The van der Waals surface area contributed by atoms with E-state index >= 15 is 0 Å². The second-order valence-corrected chi connectivity index (χ2v) is 3.51. The fourth-order valence-corrected chi connectivity index (χ4v) is 1.76. The van der Waals surface area contributed by atoms with Gasteiger partial charge in [0.25, 0.3) is 0 Å². The highest BCUT2D eigenvalue weighted by molar-refractivity contribution is 7.09. The number of rotatable bonds is 2. The van der Waals surface area contributed by atoms with Crippen molar-refractivity contribution in [2.45, 2.75) is 13.3 Å². The Kier molecular flexibility index (Phi) is 2.31. The van der Waals surface area contributed by atoms with E-state index in [-0.39, 0.29) is 0 Å². The molecule has 0 unspecified atom stereocenters. The van der Waals surface area contributed by atoms with Gasteiger partial charge in [0.1, 0.15) is 11.4 Å². The predicted molar refractivity (Wildman–Crippen MR) is 52.5 cm³/mol. The van der Waals surface area contributed by atoms with Crippen LogP contribution in [0.15, 0.2) is 24.0 Å². The summed E-state index contributed by atoms with van der Waals surface area (Å²) in [6.07, 6.45) is 6.05. The molecule has 3 nitrogen and oxygen atoms in total. The molecule has 0 aliphatic carbocycles. The van der Waals surface area contributed by atoms with Crippen LogP contribution in [0.4, 0.5) is 0 Å². The average Bonchev–Trinajstić information content (AvgIpc) is 2.67. The van der Waals surface area contributed by atoms with Crippen molar-refractivity contribution in [3.63, 3.8) is 0 Å². The van der Waals surface area contributed by atoms with Gasteiger partial charge >= 0.3 is 0 Å². The van der Waals surface area contributed by atoms with Gasteiger partial charge in [0, 0.05) is 17.8 Å². The van der Waals surface area contributed by atoms with Gasteiger partial charge in [-0.2, -0.15) is 0 Å². The van der Waals surface area contributed by atoms with E-state index in [9.17, 15) is 0 Å². The highest BCUT2D eigenvalue weighted by atomic mass is 32.1. The lowest BCUT2D eigenvalue weighted by atomic mass is 10.3. The molecule has 4 heteroatoms. The molecule has 0 fully saturated rings. The normalized spacial score (nSPS) is 10.2. The van der Waals surface area contributed by atoms with Crippen LogP contribution in [0, 0.1) is 0 Å². The minimum atomic E-state index is 0.846. The fraction of sp³-hybridized carbons (Fsp3) is 0.222. The lowest BCUT2D eigenvalue weighted by Crippen LogP contribution is -1.84. The minimum Gasteiger partial charge on any atom is -0.261 e. The van der Waals surface area contributed by atoms with Crippen LogP contribution in [0.3, 0.4) is 0 Å². The fourth-order valence-electron chi connectivity index (χ4n) is 1.02. The summed E-state index contributed by atoms with van der Waals surface area (Å²) in [6.45, 7) is 2.10. The highest BCUT2D eigenvalue weighted by Crippen LogP contribution is 2.18. The molecule has 2 heterocycles. The van der Waals surface area contributed by atoms with Crippen molar-refractivity contribution in [1.29, 1.82) is 0 Å². The maximum atomic E-state index is 4.42. The second-order valence-electron chi connectivity index (χ2n) is 2.57. The maximum Gasteiger partial charge on any atom is 0.108 e. The summed E-state index contributed by atoms with van der Waals surface area (Å²) in [7, 11) is 0. The number of hydrogen-bond acceptors (Lipinski definition) is 4. The molecular formula is C9H9N3S. The molecule has 2 rings (SSSR count). The number of aryl methyl sites for hydroxylation is 1. The van der Waals surface area contributed by atoms with E-state index in [1.54, 1.807) is 29.9 Å². The topological polar surface area (TPSA) is 38.7 Å². The van der Waals surface area contributed by atoms with E-state index in [1.165, 1.54) is 0 Å². The van der Waals surface area contributed by atoms with Crippen LogP contribution in [0.1, 0.15) is 11.9 Å². The number of hydrogen-bond donors (Lipinski definition) is 0. The first-order chi connectivity index (χ1) is 6.40. The molecule has 0 N–H and O–H groups in total. The quantitative estimate of drug-likeness (QED) is 0.730. The number of nitrogens with zero attached hydrogens (tertiary/aromatic N) is 3. The Morgan fingerprint density at radius 1 is 1.31 bits per heavy atom. The van der Waals surface area contributed by atoms with E-state index in [1.807, 2.05) is 5.38 Å². The Bertz CT molecular complexity index is 383. The molecule has 0 bridgehead atoms. The summed E-state index contributed by atoms with van der Waals surface area (Å²) >= 11 is 1.67. The predicted octanol–water partition coefficient (Wildman–Crippen LogP) is 2.16. The van der Waals surface area contributed by atoms with Gasteiger partial charge in [-0.3, -0.25) is 9.97 Å². The van der Waals surface area contributed by atoms with Gasteiger partial charge in [-0.05, 0) is 6.42 Å². The van der Waals surface area contributed by atoms with Gasteiger partial charge in [-0.15, -0.1) is 11.3 Å².